The topological polar surface area (TPSA) is 37.4 Å². The lowest BCUT2D eigenvalue weighted by atomic mass is 10.0. The first-order valence-electron chi connectivity index (χ1n) is 10.5. The van der Waals surface area contributed by atoms with Crippen LogP contribution in [-0.2, 0) is 23.1 Å². The Kier molecular flexibility index (Phi) is 6.67. The van der Waals surface area contributed by atoms with Crippen LogP contribution in [0.4, 0.5) is 8.78 Å². The molecule has 3 nitrogen and oxygen atoms in total. The molecule has 0 unspecified atom stereocenters. The van der Waals surface area contributed by atoms with Gasteiger partial charge in [-0.05, 0) is 71.6 Å². The van der Waals surface area contributed by atoms with Crippen molar-refractivity contribution in [2.24, 2.45) is 0 Å². The lowest BCUT2D eigenvalue weighted by molar-refractivity contribution is 0.401. The highest BCUT2D eigenvalue weighted by atomic mass is 32.2. The van der Waals surface area contributed by atoms with Crippen molar-refractivity contribution >= 4 is 10.0 Å². The number of hydrogen-bond donors (Lipinski definition) is 0. The number of hydrogen-bond acceptors (Lipinski definition) is 2. The number of halogens is 2. The Balaban J connectivity index is 1.69. The average Bonchev–Trinajstić information content (AvgIpc) is 2.81. The van der Waals surface area contributed by atoms with Gasteiger partial charge in [-0.25, -0.2) is 17.2 Å². The molecule has 0 aliphatic rings. The fourth-order valence-corrected chi connectivity index (χ4v) is 4.99. The van der Waals surface area contributed by atoms with E-state index in [2.05, 4.69) is 0 Å². The number of sulfonamides is 1. The van der Waals surface area contributed by atoms with Gasteiger partial charge in [0.15, 0.2) is 0 Å². The third-order valence-electron chi connectivity index (χ3n) is 5.39. The molecular formula is C27H23F2NO2S. The second-order valence-electron chi connectivity index (χ2n) is 7.92. The number of benzene rings is 4. The summed E-state index contributed by atoms with van der Waals surface area (Å²) >= 11 is 0. The fourth-order valence-electron chi connectivity index (χ4n) is 3.57. The van der Waals surface area contributed by atoms with E-state index in [1.54, 1.807) is 48.5 Å². The first-order valence-corrected chi connectivity index (χ1v) is 11.9. The normalized spacial score (nSPS) is 11.6. The molecule has 0 aliphatic carbocycles. The molecule has 4 aromatic carbocycles. The van der Waals surface area contributed by atoms with Crippen LogP contribution in [0, 0.1) is 18.6 Å². The van der Waals surface area contributed by atoms with Crippen molar-refractivity contribution in [2.45, 2.75) is 24.9 Å². The Morgan fingerprint density at radius 1 is 0.667 bits per heavy atom. The van der Waals surface area contributed by atoms with E-state index in [1.165, 1.54) is 28.6 Å². The zero-order chi connectivity index (χ0) is 23.4. The first kappa shape index (κ1) is 22.8. The molecule has 0 atom stereocenters. The summed E-state index contributed by atoms with van der Waals surface area (Å²) in [5.41, 5.74) is 4.13. The predicted molar refractivity (Wildman–Crippen MR) is 126 cm³/mol. The maximum atomic E-state index is 13.5. The van der Waals surface area contributed by atoms with Crippen LogP contribution in [0.5, 0.6) is 0 Å². The molecule has 4 rings (SSSR count). The van der Waals surface area contributed by atoms with Gasteiger partial charge in [0.1, 0.15) is 11.6 Å². The second-order valence-corrected chi connectivity index (χ2v) is 9.86. The standard InChI is InChI=1S/C27H23F2NO2S/c1-20-5-15-27(16-6-20)33(31,32)30(18-21-7-11-25(28)12-8-21)19-22-3-2-4-24(17-22)23-9-13-26(29)14-10-23/h2-17H,18-19H2,1H3. The summed E-state index contributed by atoms with van der Waals surface area (Å²) in [6.45, 7) is 2.12. The fraction of sp³-hybridized carbons (Fsp3) is 0.111. The molecule has 0 fully saturated rings. The summed E-state index contributed by atoms with van der Waals surface area (Å²) in [4.78, 5) is 0.199. The van der Waals surface area contributed by atoms with E-state index in [4.69, 9.17) is 0 Å². The number of rotatable bonds is 7. The van der Waals surface area contributed by atoms with Gasteiger partial charge in [0.05, 0.1) is 4.90 Å². The number of aryl methyl sites for hydroxylation is 1. The van der Waals surface area contributed by atoms with Crippen molar-refractivity contribution in [3.63, 3.8) is 0 Å². The molecule has 0 radical (unpaired) electrons. The van der Waals surface area contributed by atoms with Crippen molar-refractivity contribution < 1.29 is 17.2 Å². The van der Waals surface area contributed by atoms with Crippen LogP contribution in [0.1, 0.15) is 16.7 Å². The van der Waals surface area contributed by atoms with Gasteiger partial charge in [-0.15, -0.1) is 0 Å². The summed E-state index contributed by atoms with van der Waals surface area (Å²) in [5, 5.41) is 0. The summed E-state index contributed by atoms with van der Waals surface area (Å²) in [7, 11) is -3.82. The zero-order valence-corrected chi connectivity index (χ0v) is 18.9. The quantitative estimate of drug-likeness (QED) is 0.321. The van der Waals surface area contributed by atoms with Crippen LogP contribution in [-0.4, -0.2) is 12.7 Å². The highest BCUT2D eigenvalue weighted by Gasteiger charge is 2.25. The maximum absolute atomic E-state index is 13.5. The van der Waals surface area contributed by atoms with Gasteiger partial charge < -0.3 is 0 Å². The van der Waals surface area contributed by atoms with Crippen molar-refractivity contribution in [3.05, 3.63) is 125 Å². The predicted octanol–water partition coefficient (Wildman–Crippen LogP) is 6.33. The molecule has 0 heterocycles. The monoisotopic (exact) mass is 463 g/mol. The molecule has 4 aromatic rings. The van der Waals surface area contributed by atoms with Crippen molar-refractivity contribution in [3.8, 4) is 11.1 Å². The van der Waals surface area contributed by atoms with Crippen LogP contribution < -0.4 is 0 Å². The van der Waals surface area contributed by atoms with Crippen LogP contribution in [0.2, 0.25) is 0 Å². The van der Waals surface area contributed by atoms with Crippen LogP contribution in [0.25, 0.3) is 11.1 Å². The highest BCUT2D eigenvalue weighted by molar-refractivity contribution is 7.89. The Labute approximate surface area is 193 Å². The van der Waals surface area contributed by atoms with E-state index in [9.17, 15) is 17.2 Å². The van der Waals surface area contributed by atoms with Gasteiger partial charge >= 0.3 is 0 Å². The lowest BCUT2D eigenvalue weighted by Gasteiger charge is -2.23. The lowest BCUT2D eigenvalue weighted by Crippen LogP contribution is -2.30. The second kappa shape index (κ2) is 9.65. The van der Waals surface area contributed by atoms with E-state index in [0.29, 0.717) is 5.56 Å². The van der Waals surface area contributed by atoms with Gasteiger partial charge in [0, 0.05) is 13.1 Å². The zero-order valence-electron chi connectivity index (χ0n) is 18.1. The SMILES string of the molecule is Cc1ccc(S(=O)(=O)N(Cc2ccc(F)cc2)Cc2cccc(-c3ccc(F)cc3)c2)cc1. The van der Waals surface area contributed by atoms with Crippen molar-refractivity contribution in [2.75, 3.05) is 0 Å². The molecule has 0 aliphatic heterocycles. The average molecular weight is 464 g/mol. The molecular weight excluding hydrogens is 440 g/mol. The first-order chi connectivity index (χ1) is 15.8. The maximum Gasteiger partial charge on any atom is 0.243 e. The molecule has 0 spiro atoms. The minimum absolute atomic E-state index is 0.0945. The summed E-state index contributed by atoms with van der Waals surface area (Å²) in [5.74, 6) is -0.691. The van der Waals surface area contributed by atoms with Crippen LogP contribution >= 0.6 is 0 Å². The minimum atomic E-state index is -3.82. The molecule has 0 saturated carbocycles. The molecule has 6 heteroatoms. The van der Waals surface area contributed by atoms with Gasteiger partial charge in [0.2, 0.25) is 10.0 Å². The molecule has 168 valence electrons. The van der Waals surface area contributed by atoms with Gasteiger partial charge in [-0.2, -0.15) is 4.31 Å². The Morgan fingerprint density at radius 3 is 1.88 bits per heavy atom. The van der Waals surface area contributed by atoms with E-state index in [0.717, 1.165) is 22.3 Å². The number of nitrogens with zero attached hydrogens (tertiary/aromatic N) is 1. The molecule has 0 N–H and O–H groups in total. The van der Waals surface area contributed by atoms with Gasteiger partial charge in [-0.3, -0.25) is 0 Å². The van der Waals surface area contributed by atoms with Crippen LogP contribution in [0.15, 0.2) is 102 Å². The summed E-state index contributed by atoms with van der Waals surface area (Å²) in [6.07, 6.45) is 0. The van der Waals surface area contributed by atoms with E-state index >= 15 is 0 Å². The van der Waals surface area contributed by atoms with Gasteiger partial charge in [0.25, 0.3) is 0 Å². The molecule has 0 amide bonds. The Morgan fingerprint density at radius 2 is 1.24 bits per heavy atom. The third-order valence-corrected chi connectivity index (χ3v) is 7.20. The molecule has 0 bridgehead atoms. The van der Waals surface area contributed by atoms with Crippen molar-refractivity contribution in [1.29, 1.82) is 0 Å². The Bertz CT molecular complexity index is 1330. The smallest absolute Gasteiger partial charge is 0.207 e. The van der Waals surface area contributed by atoms with Crippen LogP contribution in [0.3, 0.4) is 0 Å². The highest BCUT2D eigenvalue weighted by Crippen LogP contribution is 2.25. The molecule has 0 aromatic heterocycles. The summed E-state index contributed by atoms with van der Waals surface area (Å²) < 4.78 is 55.1. The minimum Gasteiger partial charge on any atom is -0.207 e. The third kappa shape index (κ3) is 5.53. The summed E-state index contributed by atoms with van der Waals surface area (Å²) in [6, 6.07) is 26.2. The molecule has 0 saturated heterocycles. The van der Waals surface area contributed by atoms with E-state index in [-0.39, 0.29) is 29.6 Å². The Hall–Kier alpha value is -3.35. The van der Waals surface area contributed by atoms with E-state index < -0.39 is 10.0 Å². The van der Waals surface area contributed by atoms with E-state index in [1.807, 2.05) is 31.2 Å². The van der Waals surface area contributed by atoms with Gasteiger partial charge in [-0.1, -0.05) is 60.2 Å². The van der Waals surface area contributed by atoms with Crippen molar-refractivity contribution in [1.82, 2.24) is 4.31 Å². The largest absolute Gasteiger partial charge is 0.243 e. The molecule has 33 heavy (non-hydrogen) atoms.